The topological polar surface area (TPSA) is 123 Å². The van der Waals surface area contributed by atoms with E-state index in [1.165, 1.54) is 23.0 Å². The predicted molar refractivity (Wildman–Crippen MR) is 98.4 cm³/mol. The first-order valence-electron chi connectivity index (χ1n) is 8.34. The lowest BCUT2D eigenvalue weighted by Crippen LogP contribution is -2.41. The standard InChI is InChI=1S/C16H20N4O6S/c1-9-10(7-18-4-3-17-15(18)24)27-14-12(9)13(23)20(8-11(21)22)16(25)19(14)5-6-26-2/h3-8H2,1-2H3,(H,17,24)(H,21,22). The molecule has 0 atom stereocenters. The van der Waals surface area contributed by atoms with Crippen molar-refractivity contribution >= 4 is 33.6 Å². The number of nitrogens with one attached hydrogen (secondary N) is 1. The van der Waals surface area contributed by atoms with Gasteiger partial charge in [-0.15, -0.1) is 11.3 Å². The molecular weight excluding hydrogens is 376 g/mol. The number of amides is 2. The van der Waals surface area contributed by atoms with Gasteiger partial charge in [-0.25, -0.2) is 14.2 Å². The quantitative estimate of drug-likeness (QED) is 0.668. The van der Waals surface area contributed by atoms with E-state index >= 15 is 0 Å². The van der Waals surface area contributed by atoms with Gasteiger partial charge in [-0.2, -0.15) is 0 Å². The van der Waals surface area contributed by atoms with Crippen LogP contribution in [0.25, 0.3) is 10.2 Å². The number of hydrogen-bond acceptors (Lipinski definition) is 6. The van der Waals surface area contributed by atoms with Crippen LogP contribution >= 0.6 is 11.3 Å². The highest BCUT2D eigenvalue weighted by molar-refractivity contribution is 7.18. The molecule has 146 valence electrons. The van der Waals surface area contributed by atoms with Gasteiger partial charge in [0.15, 0.2) is 0 Å². The van der Waals surface area contributed by atoms with Crippen LogP contribution in [-0.4, -0.2) is 57.9 Å². The number of carbonyl (C=O) groups excluding carboxylic acids is 1. The molecule has 2 aromatic heterocycles. The van der Waals surface area contributed by atoms with Gasteiger partial charge in [0, 0.05) is 25.1 Å². The van der Waals surface area contributed by atoms with Crippen LogP contribution in [0.5, 0.6) is 0 Å². The molecule has 0 spiro atoms. The van der Waals surface area contributed by atoms with E-state index in [-0.39, 0.29) is 19.2 Å². The van der Waals surface area contributed by atoms with Gasteiger partial charge in [-0.05, 0) is 12.5 Å². The summed E-state index contributed by atoms with van der Waals surface area (Å²) in [6.45, 7) is 2.92. The largest absolute Gasteiger partial charge is 0.480 e. The zero-order valence-electron chi connectivity index (χ0n) is 15.0. The smallest absolute Gasteiger partial charge is 0.332 e. The van der Waals surface area contributed by atoms with Crippen LogP contribution in [0.3, 0.4) is 0 Å². The first kappa shape index (κ1) is 19.1. The summed E-state index contributed by atoms with van der Waals surface area (Å²) in [6, 6.07) is -0.174. The Bertz CT molecular complexity index is 1020. The fourth-order valence-corrected chi connectivity index (χ4v) is 4.41. The van der Waals surface area contributed by atoms with Crippen molar-refractivity contribution in [2.75, 3.05) is 26.8 Å². The SMILES string of the molecule is COCCn1c(=O)n(CC(=O)O)c(=O)c2c(C)c(CN3CCNC3=O)sc21. The predicted octanol–water partition coefficient (Wildman–Crippen LogP) is -0.211. The van der Waals surface area contributed by atoms with E-state index in [4.69, 9.17) is 9.84 Å². The molecule has 0 bridgehead atoms. The third-order valence-electron chi connectivity index (χ3n) is 4.48. The highest BCUT2D eigenvalue weighted by Crippen LogP contribution is 2.29. The van der Waals surface area contributed by atoms with Crippen LogP contribution in [0, 0.1) is 6.92 Å². The number of rotatable bonds is 7. The Balaban J connectivity index is 2.19. The summed E-state index contributed by atoms with van der Waals surface area (Å²) in [6.07, 6.45) is 0. The average Bonchev–Trinajstić information content (AvgIpc) is 3.16. The molecule has 27 heavy (non-hydrogen) atoms. The number of ether oxygens (including phenoxy) is 1. The van der Waals surface area contributed by atoms with E-state index in [0.29, 0.717) is 35.4 Å². The van der Waals surface area contributed by atoms with E-state index in [1.54, 1.807) is 11.8 Å². The van der Waals surface area contributed by atoms with Crippen molar-refractivity contribution in [1.29, 1.82) is 0 Å². The minimum absolute atomic E-state index is 0.174. The van der Waals surface area contributed by atoms with Crippen molar-refractivity contribution < 1.29 is 19.4 Å². The van der Waals surface area contributed by atoms with Gasteiger partial charge >= 0.3 is 17.7 Å². The Kier molecular flexibility index (Phi) is 5.33. The van der Waals surface area contributed by atoms with Gasteiger partial charge in [0.05, 0.1) is 25.1 Å². The van der Waals surface area contributed by atoms with E-state index in [2.05, 4.69) is 5.32 Å². The Hall–Kier alpha value is -2.66. The molecule has 1 fully saturated rings. The number of urea groups is 1. The van der Waals surface area contributed by atoms with E-state index in [0.717, 1.165) is 9.44 Å². The molecule has 0 aliphatic carbocycles. The number of aromatic nitrogens is 2. The molecule has 3 heterocycles. The Morgan fingerprint density at radius 1 is 1.30 bits per heavy atom. The fourth-order valence-electron chi connectivity index (χ4n) is 3.08. The van der Waals surface area contributed by atoms with Gasteiger partial charge in [0.2, 0.25) is 0 Å². The van der Waals surface area contributed by atoms with Crippen LogP contribution in [0.15, 0.2) is 9.59 Å². The number of carbonyl (C=O) groups is 2. The number of thiophene rings is 1. The molecule has 2 amide bonds. The van der Waals surface area contributed by atoms with Gasteiger partial charge < -0.3 is 20.1 Å². The minimum Gasteiger partial charge on any atom is -0.480 e. The maximum atomic E-state index is 12.8. The highest BCUT2D eigenvalue weighted by atomic mass is 32.1. The van der Waals surface area contributed by atoms with Crippen LogP contribution in [0.1, 0.15) is 10.4 Å². The molecule has 1 aliphatic heterocycles. The lowest BCUT2D eigenvalue weighted by Gasteiger charge is -2.12. The second-order valence-corrected chi connectivity index (χ2v) is 7.28. The normalized spacial score (nSPS) is 14.1. The Labute approximate surface area is 157 Å². The highest BCUT2D eigenvalue weighted by Gasteiger charge is 2.25. The van der Waals surface area contributed by atoms with Crippen molar-refractivity contribution in [2.45, 2.75) is 26.6 Å². The first-order valence-corrected chi connectivity index (χ1v) is 9.16. The number of fused-ring (bicyclic) bond motifs is 1. The molecule has 0 radical (unpaired) electrons. The molecule has 2 N–H and O–H groups in total. The van der Waals surface area contributed by atoms with Gasteiger partial charge in [-0.3, -0.25) is 14.2 Å². The molecule has 10 nitrogen and oxygen atoms in total. The van der Waals surface area contributed by atoms with Crippen LogP contribution in [0.2, 0.25) is 0 Å². The van der Waals surface area contributed by atoms with Crippen molar-refractivity contribution in [2.24, 2.45) is 0 Å². The maximum absolute atomic E-state index is 12.8. The summed E-state index contributed by atoms with van der Waals surface area (Å²) < 4.78 is 7.14. The van der Waals surface area contributed by atoms with Gasteiger partial charge in [0.1, 0.15) is 11.4 Å². The molecule has 3 rings (SSSR count). The van der Waals surface area contributed by atoms with Crippen molar-refractivity contribution in [3.05, 3.63) is 31.3 Å². The van der Waals surface area contributed by atoms with Crippen molar-refractivity contribution in [3.63, 3.8) is 0 Å². The van der Waals surface area contributed by atoms with E-state index in [9.17, 15) is 19.2 Å². The summed E-state index contributed by atoms with van der Waals surface area (Å²) in [5, 5.41) is 12.1. The van der Waals surface area contributed by atoms with Crippen molar-refractivity contribution in [3.8, 4) is 0 Å². The molecule has 11 heteroatoms. The number of aliphatic carboxylic acids is 1. The minimum atomic E-state index is -1.27. The molecule has 0 aromatic carbocycles. The number of hydrogen-bond donors (Lipinski definition) is 2. The molecule has 1 saturated heterocycles. The fraction of sp³-hybridized carbons (Fsp3) is 0.500. The Morgan fingerprint density at radius 3 is 2.63 bits per heavy atom. The van der Waals surface area contributed by atoms with Gasteiger partial charge in [-0.1, -0.05) is 0 Å². The monoisotopic (exact) mass is 396 g/mol. The number of aryl methyl sites for hydroxylation is 1. The summed E-state index contributed by atoms with van der Waals surface area (Å²) in [7, 11) is 1.49. The first-order chi connectivity index (χ1) is 12.8. The number of carboxylic acid groups (broad SMARTS) is 1. The van der Waals surface area contributed by atoms with Crippen molar-refractivity contribution in [1.82, 2.24) is 19.4 Å². The molecule has 0 unspecified atom stereocenters. The second kappa shape index (κ2) is 7.53. The third kappa shape index (κ3) is 3.47. The lowest BCUT2D eigenvalue weighted by atomic mass is 10.2. The number of nitrogens with zero attached hydrogens (tertiary/aromatic N) is 3. The third-order valence-corrected chi connectivity index (χ3v) is 5.78. The molecule has 1 aliphatic rings. The van der Waals surface area contributed by atoms with Crippen LogP contribution in [-0.2, 0) is 29.2 Å². The second-order valence-electron chi connectivity index (χ2n) is 6.20. The summed E-state index contributed by atoms with van der Waals surface area (Å²) in [5.41, 5.74) is -0.652. The van der Waals surface area contributed by atoms with E-state index < -0.39 is 23.8 Å². The number of methoxy groups -OCH3 is 1. The van der Waals surface area contributed by atoms with Crippen LogP contribution in [0.4, 0.5) is 4.79 Å². The van der Waals surface area contributed by atoms with Crippen LogP contribution < -0.4 is 16.6 Å². The van der Waals surface area contributed by atoms with Gasteiger partial charge in [0.25, 0.3) is 5.56 Å². The molecule has 0 saturated carbocycles. The van der Waals surface area contributed by atoms with E-state index in [1.807, 2.05) is 0 Å². The zero-order valence-corrected chi connectivity index (χ0v) is 15.8. The number of carboxylic acids is 1. The lowest BCUT2D eigenvalue weighted by molar-refractivity contribution is -0.137. The zero-order chi connectivity index (χ0) is 19.7. The molecular formula is C16H20N4O6S. The Morgan fingerprint density at radius 2 is 2.04 bits per heavy atom. The summed E-state index contributed by atoms with van der Waals surface area (Å²) >= 11 is 1.27. The average molecular weight is 396 g/mol. The molecule has 2 aromatic rings. The maximum Gasteiger partial charge on any atom is 0.332 e. The summed E-state index contributed by atoms with van der Waals surface area (Å²) in [4.78, 5) is 51.3. The summed E-state index contributed by atoms with van der Waals surface area (Å²) in [5.74, 6) is -1.27.